The molecule has 1 aliphatic carbocycles. The summed E-state index contributed by atoms with van der Waals surface area (Å²) in [6.45, 7) is 3.09. The number of carbonyl (C=O) groups excluding carboxylic acids is 1. The number of amides is 1. The molecule has 8 heteroatoms. The number of rotatable bonds is 5. The molecule has 0 atom stereocenters. The molecule has 2 N–H and O–H groups in total. The highest BCUT2D eigenvalue weighted by Gasteiger charge is 2.24. The van der Waals surface area contributed by atoms with Gasteiger partial charge in [-0.15, -0.1) is 0 Å². The third-order valence-corrected chi connectivity index (χ3v) is 5.76. The molecule has 0 bridgehead atoms. The van der Waals surface area contributed by atoms with Crippen LogP contribution in [-0.2, 0) is 21.9 Å². The fraction of sp³-hybridized carbons (Fsp3) is 0.714. The first-order valence-corrected chi connectivity index (χ1v) is 9.09. The maximum atomic E-state index is 12.3. The maximum absolute atomic E-state index is 12.3. The van der Waals surface area contributed by atoms with Crippen LogP contribution < -0.4 is 10.0 Å². The Bertz CT molecular complexity index is 645. The van der Waals surface area contributed by atoms with Gasteiger partial charge >= 0.3 is 0 Å². The quantitative estimate of drug-likeness (QED) is 0.835. The first-order valence-electron chi connectivity index (χ1n) is 7.60. The van der Waals surface area contributed by atoms with E-state index in [-0.39, 0.29) is 23.4 Å². The Morgan fingerprint density at radius 3 is 2.45 bits per heavy atom. The topological polar surface area (TPSA) is 93.1 Å². The standard InChI is InChI=1S/C14H24N4O3S/c1-10-14(11(2)18(3)17-10)22(20,21)15-9-13(19)16-12-7-5-4-6-8-12/h12,15H,4-9H2,1-3H3,(H,16,19). The molecule has 22 heavy (non-hydrogen) atoms. The molecule has 124 valence electrons. The van der Waals surface area contributed by atoms with Crippen molar-refractivity contribution in [2.24, 2.45) is 7.05 Å². The van der Waals surface area contributed by atoms with E-state index in [1.165, 1.54) is 11.1 Å². The number of carbonyl (C=O) groups is 1. The molecule has 1 aromatic heterocycles. The molecule has 1 aliphatic rings. The Hall–Kier alpha value is -1.41. The molecule has 0 unspecified atom stereocenters. The van der Waals surface area contributed by atoms with Crippen LogP contribution in [0, 0.1) is 13.8 Å². The van der Waals surface area contributed by atoms with Crippen molar-refractivity contribution in [3.8, 4) is 0 Å². The summed E-state index contributed by atoms with van der Waals surface area (Å²) >= 11 is 0. The fourth-order valence-corrected chi connectivity index (χ4v) is 4.32. The zero-order valence-corrected chi connectivity index (χ0v) is 14.2. The molecule has 1 amide bonds. The Morgan fingerprint density at radius 1 is 1.27 bits per heavy atom. The van der Waals surface area contributed by atoms with Crippen LogP contribution in [0.25, 0.3) is 0 Å². The second-order valence-electron chi connectivity index (χ2n) is 5.85. The van der Waals surface area contributed by atoms with Crippen molar-refractivity contribution in [1.82, 2.24) is 19.8 Å². The van der Waals surface area contributed by atoms with Gasteiger partial charge in [0.05, 0.1) is 17.9 Å². The molecule has 7 nitrogen and oxygen atoms in total. The van der Waals surface area contributed by atoms with Crippen LogP contribution in [-0.4, -0.2) is 36.7 Å². The van der Waals surface area contributed by atoms with Crippen LogP contribution in [0.3, 0.4) is 0 Å². The average Bonchev–Trinajstić information content (AvgIpc) is 2.72. The van der Waals surface area contributed by atoms with Gasteiger partial charge in [0.15, 0.2) is 0 Å². The molecule has 0 radical (unpaired) electrons. The van der Waals surface area contributed by atoms with Crippen molar-refractivity contribution in [3.63, 3.8) is 0 Å². The molecule has 1 saturated carbocycles. The molecule has 0 aliphatic heterocycles. The average molecular weight is 328 g/mol. The first kappa shape index (κ1) is 17.0. The lowest BCUT2D eigenvalue weighted by Gasteiger charge is -2.22. The SMILES string of the molecule is Cc1nn(C)c(C)c1S(=O)(=O)NCC(=O)NC1CCCCC1. The van der Waals surface area contributed by atoms with Crippen LogP contribution in [0.15, 0.2) is 4.90 Å². The van der Waals surface area contributed by atoms with Crippen molar-refractivity contribution in [3.05, 3.63) is 11.4 Å². The number of aromatic nitrogens is 2. The highest BCUT2D eigenvalue weighted by Crippen LogP contribution is 2.18. The zero-order valence-electron chi connectivity index (χ0n) is 13.3. The van der Waals surface area contributed by atoms with E-state index in [1.807, 2.05) is 0 Å². The van der Waals surface area contributed by atoms with E-state index in [9.17, 15) is 13.2 Å². The Balaban J connectivity index is 1.96. The van der Waals surface area contributed by atoms with Crippen LogP contribution >= 0.6 is 0 Å². The van der Waals surface area contributed by atoms with E-state index in [0.717, 1.165) is 25.7 Å². The van der Waals surface area contributed by atoms with E-state index >= 15 is 0 Å². The Labute approximate surface area is 131 Å². The van der Waals surface area contributed by atoms with E-state index < -0.39 is 10.0 Å². The lowest BCUT2D eigenvalue weighted by atomic mass is 9.95. The van der Waals surface area contributed by atoms with Crippen LogP contribution in [0.1, 0.15) is 43.5 Å². The summed E-state index contributed by atoms with van der Waals surface area (Å²) in [6, 6.07) is 0.174. The van der Waals surface area contributed by atoms with Crippen LogP contribution in [0.4, 0.5) is 0 Å². The van der Waals surface area contributed by atoms with Crippen molar-refractivity contribution in [2.45, 2.75) is 56.9 Å². The number of nitrogens with zero attached hydrogens (tertiary/aromatic N) is 2. The van der Waals surface area contributed by atoms with Crippen molar-refractivity contribution < 1.29 is 13.2 Å². The highest BCUT2D eigenvalue weighted by atomic mass is 32.2. The lowest BCUT2D eigenvalue weighted by molar-refractivity contribution is -0.120. The lowest BCUT2D eigenvalue weighted by Crippen LogP contribution is -2.42. The summed E-state index contributed by atoms with van der Waals surface area (Å²) < 4.78 is 28.6. The highest BCUT2D eigenvalue weighted by molar-refractivity contribution is 7.89. The van der Waals surface area contributed by atoms with Crippen molar-refractivity contribution in [2.75, 3.05) is 6.54 Å². The predicted octanol–water partition coefficient (Wildman–Crippen LogP) is 0.764. The van der Waals surface area contributed by atoms with E-state index in [0.29, 0.717) is 11.4 Å². The summed E-state index contributed by atoms with van der Waals surface area (Å²) in [6.07, 6.45) is 5.38. The molecule has 1 fully saturated rings. The third kappa shape index (κ3) is 3.86. The Kier molecular flexibility index (Phi) is 5.23. The second kappa shape index (κ2) is 6.78. The predicted molar refractivity (Wildman–Crippen MR) is 82.9 cm³/mol. The van der Waals surface area contributed by atoms with Gasteiger partial charge in [0.2, 0.25) is 15.9 Å². The van der Waals surface area contributed by atoms with E-state index in [2.05, 4.69) is 15.1 Å². The van der Waals surface area contributed by atoms with Crippen LogP contribution in [0.5, 0.6) is 0 Å². The summed E-state index contributed by atoms with van der Waals surface area (Å²) in [5.74, 6) is -0.283. The smallest absolute Gasteiger partial charge is 0.244 e. The molecular formula is C14H24N4O3S. The van der Waals surface area contributed by atoms with Gasteiger partial charge in [0.25, 0.3) is 0 Å². The summed E-state index contributed by atoms with van der Waals surface area (Å²) in [5, 5.41) is 6.99. The molecule has 1 heterocycles. The molecule has 0 aromatic carbocycles. The van der Waals surface area contributed by atoms with Gasteiger partial charge in [0.1, 0.15) is 4.90 Å². The second-order valence-corrected chi connectivity index (χ2v) is 7.55. The summed E-state index contributed by atoms with van der Waals surface area (Å²) in [5.41, 5.74) is 0.984. The van der Waals surface area contributed by atoms with Gasteiger partial charge < -0.3 is 5.32 Å². The molecule has 2 rings (SSSR count). The minimum absolute atomic E-state index is 0.153. The third-order valence-electron chi connectivity index (χ3n) is 4.10. The van der Waals surface area contributed by atoms with Gasteiger partial charge in [-0.05, 0) is 26.7 Å². The van der Waals surface area contributed by atoms with Gasteiger partial charge in [-0.3, -0.25) is 9.48 Å². The minimum Gasteiger partial charge on any atom is -0.352 e. The van der Waals surface area contributed by atoms with Crippen molar-refractivity contribution in [1.29, 1.82) is 0 Å². The molecule has 0 saturated heterocycles. The summed E-state index contributed by atoms with van der Waals surface area (Å²) in [4.78, 5) is 12.1. The fourth-order valence-electron chi connectivity index (χ4n) is 2.90. The van der Waals surface area contributed by atoms with E-state index in [4.69, 9.17) is 0 Å². The molecular weight excluding hydrogens is 304 g/mol. The number of aryl methyl sites for hydroxylation is 2. The van der Waals surface area contributed by atoms with Gasteiger partial charge in [-0.25, -0.2) is 13.1 Å². The normalized spacial score (nSPS) is 16.7. The zero-order chi connectivity index (χ0) is 16.3. The first-order chi connectivity index (χ1) is 10.3. The molecule has 0 spiro atoms. The number of sulfonamides is 1. The minimum atomic E-state index is -3.73. The van der Waals surface area contributed by atoms with Gasteiger partial charge in [-0.2, -0.15) is 5.10 Å². The largest absolute Gasteiger partial charge is 0.352 e. The van der Waals surface area contributed by atoms with Crippen molar-refractivity contribution >= 4 is 15.9 Å². The number of hydrogen-bond donors (Lipinski definition) is 2. The molecule has 1 aromatic rings. The summed E-state index contributed by atoms with van der Waals surface area (Å²) in [7, 11) is -2.04. The number of hydrogen-bond acceptors (Lipinski definition) is 4. The monoisotopic (exact) mass is 328 g/mol. The Morgan fingerprint density at radius 2 is 1.91 bits per heavy atom. The van der Waals surface area contributed by atoms with Crippen LogP contribution in [0.2, 0.25) is 0 Å². The van der Waals surface area contributed by atoms with E-state index in [1.54, 1.807) is 20.9 Å². The number of nitrogens with one attached hydrogen (secondary N) is 2. The van der Waals surface area contributed by atoms with Gasteiger partial charge in [0, 0.05) is 13.1 Å². The maximum Gasteiger partial charge on any atom is 0.244 e. The van der Waals surface area contributed by atoms with Gasteiger partial charge in [-0.1, -0.05) is 19.3 Å².